The summed E-state index contributed by atoms with van der Waals surface area (Å²) in [7, 11) is 0. The lowest BCUT2D eigenvalue weighted by Crippen LogP contribution is -2.54. The van der Waals surface area contributed by atoms with Crippen LogP contribution in [0.1, 0.15) is 37.2 Å². The quantitative estimate of drug-likeness (QED) is 0.840. The minimum atomic E-state index is -0.879. The van der Waals surface area contributed by atoms with Gasteiger partial charge in [-0.05, 0) is 30.4 Å². The summed E-state index contributed by atoms with van der Waals surface area (Å²) in [5.41, 5.74) is 4.83. The van der Waals surface area contributed by atoms with E-state index in [1.165, 1.54) is 6.07 Å². The zero-order chi connectivity index (χ0) is 14.9. The number of nitrogens with two attached hydrogens (primary N) is 1. The summed E-state index contributed by atoms with van der Waals surface area (Å²) < 4.78 is 0. The van der Waals surface area contributed by atoms with Crippen LogP contribution < -0.4 is 10.6 Å². The molecule has 0 bridgehead atoms. The maximum absolute atomic E-state index is 11.6. The molecule has 7 heteroatoms. The van der Waals surface area contributed by atoms with Gasteiger partial charge in [-0.2, -0.15) is 0 Å². The fourth-order valence-electron chi connectivity index (χ4n) is 2.72. The highest BCUT2D eigenvalue weighted by molar-refractivity contribution is 5.90. The third-order valence-corrected chi connectivity index (χ3v) is 3.70. The van der Waals surface area contributed by atoms with E-state index in [4.69, 9.17) is 5.73 Å². The van der Waals surface area contributed by atoms with Gasteiger partial charge in [0.05, 0.1) is 0 Å². The second-order valence-corrected chi connectivity index (χ2v) is 5.67. The van der Waals surface area contributed by atoms with E-state index >= 15 is 0 Å². The number of carboxylic acid groups (broad SMARTS) is 1. The van der Waals surface area contributed by atoms with Crippen molar-refractivity contribution in [3.8, 4) is 0 Å². The molecule has 0 radical (unpaired) electrons. The second-order valence-electron chi connectivity index (χ2n) is 5.67. The second kappa shape index (κ2) is 5.07. The van der Waals surface area contributed by atoms with Gasteiger partial charge < -0.3 is 15.7 Å². The van der Waals surface area contributed by atoms with Crippen LogP contribution in [0.2, 0.25) is 0 Å². The zero-order valence-electron chi connectivity index (χ0n) is 11.5. The predicted octanol–water partition coefficient (Wildman–Crippen LogP) is 0.655. The minimum Gasteiger partial charge on any atom is -0.480 e. The maximum atomic E-state index is 11.6. The molecule has 1 amide bonds. The molecular formula is C13H18N4O3. The van der Waals surface area contributed by atoms with E-state index in [0.717, 1.165) is 12.8 Å². The molecular weight excluding hydrogens is 260 g/mol. The number of carbonyl (C=O) groups is 2. The highest BCUT2D eigenvalue weighted by atomic mass is 16.4. The largest absolute Gasteiger partial charge is 0.480 e. The molecule has 3 N–H and O–H groups in total. The smallest absolute Gasteiger partial charge is 0.326 e. The Morgan fingerprint density at radius 3 is 2.60 bits per heavy atom. The van der Waals surface area contributed by atoms with Crippen LogP contribution in [0.3, 0.4) is 0 Å². The number of anilines is 1. The van der Waals surface area contributed by atoms with Crippen LogP contribution in [0, 0.1) is 5.41 Å². The van der Waals surface area contributed by atoms with Crippen LogP contribution in [-0.4, -0.2) is 39.8 Å². The van der Waals surface area contributed by atoms with E-state index < -0.39 is 17.9 Å². The number of nitrogens with zero attached hydrogens (tertiary/aromatic N) is 3. The molecule has 0 aromatic carbocycles. The van der Waals surface area contributed by atoms with Crippen molar-refractivity contribution in [3.05, 3.63) is 17.8 Å². The van der Waals surface area contributed by atoms with Crippen molar-refractivity contribution in [2.24, 2.45) is 11.1 Å². The summed E-state index contributed by atoms with van der Waals surface area (Å²) in [5, 5.41) is 17.2. The van der Waals surface area contributed by atoms with Gasteiger partial charge >= 0.3 is 5.97 Å². The van der Waals surface area contributed by atoms with Gasteiger partial charge in [-0.15, -0.1) is 10.2 Å². The Labute approximate surface area is 116 Å². The molecule has 1 saturated heterocycles. The number of amides is 1. The lowest BCUT2D eigenvalue weighted by atomic mass is 9.76. The zero-order valence-corrected chi connectivity index (χ0v) is 11.5. The Bertz CT molecular complexity index is 527. The number of carbonyl (C=O) groups excluding carboxylic acids is 1. The molecule has 2 heterocycles. The summed E-state index contributed by atoms with van der Waals surface area (Å²) in [6.07, 6.45) is 1.73. The van der Waals surface area contributed by atoms with E-state index in [9.17, 15) is 14.7 Å². The SMILES string of the molecule is CC1(C)CCCN(c2ccc(C(N)=O)nn2)C1C(=O)O. The van der Waals surface area contributed by atoms with E-state index in [1.807, 2.05) is 13.8 Å². The molecule has 20 heavy (non-hydrogen) atoms. The Morgan fingerprint density at radius 1 is 1.40 bits per heavy atom. The number of aromatic nitrogens is 2. The molecule has 0 spiro atoms. The average Bonchev–Trinajstić information content (AvgIpc) is 2.36. The summed E-state index contributed by atoms with van der Waals surface area (Å²) in [6.45, 7) is 4.47. The van der Waals surface area contributed by atoms with E-state index in [1.54, 1.807) is 11.0 Å². The van der Waals surface area contributed by atoms with Crippen molar-refractivity contribution in [2.45, 2.75) is 32.7 Å². The van der Waals surface area contributed by atoms with Gasteiger partial charge in [0.1, 0.15) is 6.04 Å². The first kappa shape index (κ1) is 14.2. The fourth-order valence-corrected chi connectivity index (χ4v) is 2.72. The molecule has 2 rings (SSSR count). The molecule has 1 aliphatic rings. The molecule has 1 aromatic rings. The number of primary amides is 1. The highest BCUT2D eigenvalue weighted by Crippen LogP contribution is 2.37. The fraction of sp³-hybridized carbons (Fsp3) is 0.538. The van der Waals surface area contributed by atoms with Crippen molar-refractivity contribution in [3.63, 3.8) is 0 Å². The number of carboxylic acids is 1. The van der Waals surface area contributed by atoms with Gasteiger partial charge in [-0.3, -0.25) is 4.79 Å². The van der Waals surface area contributed by atoms with Crippen molar-refractivity contribution in [1.82, 2.24) is 10.2 Å². The summed E-state index contributed by atoms with van der Waals surface area (Å²) >= 11 is 0. The third-order valence-electron chi connectivity index (χ3n) is 3.70. The molecule has 1 aliphatic heterocycles. The Kier molecular flexibility index (Phi) is 3.61. The van der Waals surface area contributed by atoms with Crippen LogP contribution in [-0.2, 0) is 4.79 Å². The standard InChI is InChI=1S/C13H18N4O3/c1-13(2)6-3-7-17(10(13)12(19)20)9-5-4-8(11(14)18)15-16-9/h4-5,10H,3,6-7H2,1-2H3,(H2,14,18)(H,19,20). The molecule has 0 saturated carbocycles. The lowest BCUT2D eigenvalue weighted by Gasteiger charge is -2.44. The third kappa shape index (κ3) is 2.56. The number of hydrogen-bond donors (Lipinski definition) is 2. The maximum Gasteiger partial charge on any atom is 0.326 e. The van der Waals surface area contributed by atoms with E-state index in [2.05, 4.69) is 10.2 Å². The number of rotatable bonds is 3. The summed E-state index contributed by atoms with van der Waals surface area (Å²) in [5.74, 6) is -1.08. The Morgan fingerprint density at radius 2 is 2.10 bits per heavy atom. The topological polar surface area (TPSA) is 109 Å². The number of piperidine rings is 1. The van der Waals surface area contributed by atoms with Crippen molar-refractivity contribution >= 4 is 17.7 Å². The van der Waals surface area contributed by atoms with Crippen LogP contribution >= 0.6 is 0 Å². The van der Waals surface area contributed by atoms with Crippen molar-refractivity contribution in [2.75, 3.05) is 11.4 Å². The van der Waals surface area contributed by atoms with Gasteiger partial charge in [-0.1, -0.05) is 13.8 Å². The average molecular weight is 278 g/mol. The van der Waals surface area contributed by atoms with Crippen LogP contribution in [0.5, 0.6) is 0 Å². The highest BCUT2D eigenvalue weighted by Gasteiger charge is 2.43. The minimum absolute atomic E-state index is 0.0666. The summed E-state index contributed by atoms with van der Waals surface area (Å²) in [6, 6.07) is 2.39. The molecule has 1 unspecified atom stereocenters. The number of hydrogen-bond acceptors (Lipinski definition) is 5. The molecule has 1 fully saturated rings. The van der Waals surface area contributed by atoms with Gasteiger partial charge in [0.2, 0.25) is 0 Å². The van der Waals surface area contributed by atoms with Gasteiger partial charge in [-0.25, -0.2) is 4.79 Å². The first-order chi connectivity index (χ1) is 9.33. The van der Waals surface area contributed by atoms with Crippen LogP contribution in [0.4, 0.5) is 5.82 Å². The predicted molar refractivity (Wildman–Crippen MR) is 72.3 cm³/mol. The van der Waals surface area contributed by atoms with E-state index in [0.29, 0.717) is 12.4 Å². The Balaban J connectivity index is 2.34. The van der Waals surface area contributed by atoms with Gasteiger partial charge in [0.15, 0.2) is 11.5 Å². The molecule has 1 aromatic heterocycles. The first-order valence-corrected chi connectivity index (χ1v) is 6.46. The monoisotopic (exact) mass is 278 g/mol. The van der Waals surface area contributed by atoms with Crippen molar-refractivity contribution in [1.29, 1.82) is 0 Å². The molecule has 1 atom stereocenters. The summed E-state index contributed by atoms with van der Waals surface area (Å²) in [4.78, 5) is 24.3. The molecule has 0 aliphatic carbocycles. The number of aliphatic carboxylic acids is 1. The lowest BCUT2D eigenvalue weighted by molar-refractivity contribution is -0.142. The molecule has 7 nitrogen and oxygen atoms in total. The molecule has 108 valence electrons. The van der Waals surface area contributed by atoms with Crippen LogP contribution in [0.15, 0.2) is 12.1 Å². The van der Waals surface area contributed by atoms with Gasteiger partial charge in [0, 0.05) is 6.54 Å². The van der Waals surface area contributed by atoms with Crippen LogP contribution in [0.25, 0.3) is 0 Å². The normalized spacial score (nSPS) is 21.5. The van der Waals surface area contributed by atoms with Crippen molar-refractivity contribution < 1.29 is 14.7 Å². The Hall–Kier alpha value is -2.18. The first-order valence-electron chi connectivity index (χ1n) is 6.46. The van der Waals surface area contributed by atoms with Gasteiger partial charge in [0.25, 0.3) is 5.91 Å². The van der Waals surface area contributed by atoms with E-state index in [-0.39, 0.29) is 11.1 Å².